The maximum absolute atomic E-state index is 6.01. The first-order chi connectivity index (χ1) is 16.2. The van der Waals surface area contributed by atoms with Gasteiger partial charge in [-0.3, -0.25) is 0 Å². The molecule has 0 saturated carbocycles. The molecule has 0 atom stereocenters. The van der Waals surface area contributed by atoms with Gasteiger partial charge in [0.2, 0.25) is 0 Å². The summed E-state index contributed by atoms with van der Waals surface area (Å²) >= 11 is 0. The Balaban J connectivity index is 0.00000324. The highest BCUT2D eigenvalue weighted by molar-refractivity contribution is 6.04. The Hall–Kier alpha value is -2.95. The van der Waals surface area contributed by atoms with Crippen molar-refractivity contribution in [1.82, 2.24) is 4.90 Å². The second-order valence-electron chi connectivity index (χ2n) is 8.18. The molecule has 0 aliphatic heterocycles. The van der Waals surface area contributed by atoms with Crippen LogP contribution < -0.4 is 14.2 Å². The molecule has 0 saturated heterocycles. The number of hydrogen-bond acceptors (Lipinski definition) is 4. The number of halogens is 1. The number of benzene rings is 3. The summed E-state index contributed by atoms with van der Waals surface area (Å²) in [5, 5.41) is 0. The monoisotopic (exact) mass is 479 g/mol. The first kappa shape index (κ1) is 25.7. The fraction of sp³-hybridized carbons (Fsp3) is 0.310. The van der Waals surface area contributed by atoms with E-state index >= 15 is 0 Å². The van der Waals surface area contributed by atoms with Crippen molar-refractivity contribution in [2.24, 2.45) is 0 Å². The molecule has 0 radical (unpaired) electrons. The van der Waals surface area contributed by atoms with E-state index in [2.05, 4.69) is 67.3 Å². The zero-order valence-corrected chi connectivity index (χ0v) is 21.3. The van der Waals surface area contributed by atoms with Gasteiger partial charge in [0.25, 0.3) is 0 Å². The first-order valence-electron chi connectivity index (χ1n) is 11.7. The molecule has 1 aliphatic rings. The minimum atomic E-state index is 0. The predicted octanol–water partition coefficient (Wildman–Crippen LogP) is 6.36. The van der Waals surface area contributed by atoms with Gasteiger partial charge >= 0.3 is 0 Å². The van der Waals surface area contributed by atoms with Gasteiger partial charge in [0.1, 0.15) is 23.9 Å². The number of rotatable bonds is 10. The summed E-state index contributed by atoms with van der Waals surface area (Å²) in [6.07, 6.45) is 0.871. The fourth-order valence-corrected chi connectivity index (χ4v) is 4.45. The van der Waals surface area contributed by atoms with Gasteiger partial charge in [0, 0.05) is 6.54 Å². The molecule has 0 unspecified atom stereocenters. The summed E-state index contributed by atoms with van der Waals surface area (Å²) in [6, 6.07) is 23.2. The highest BCUT2D eigenvalue weighted by Gasteiger charge is 2.24. The zero-order chi connectivity index (χ0) is 23.2. The van der Waals surface area contributed by atoms with Crippen LogP contribution in [0.15, 0.2) is 66.7 Å². The summed E-state index contributed by atoms with van der Waals surface area (Å²) in [4.78, 5) is 2.37. The van der Waals surface area contributed by atoms with Crippen molar-refractivity contribution in [3.8, 4) is 17.2 Å². The van der Waals surface area contributed by atoms with Gasteiger partial charge in [0.05, 0.1) is 14.2 Å². The Morgan fingerprint density at radius 1 is 0.735 bits per heavy atom. The normalized spacial score (nSPS) is 12.4. The highest BCUT2D eigenvalue weighted by Crippen LogP contribution is 2.43. The lowest BCUT2D eigenvalue weighted by molar-refractivity contribution is 0.223. The second kappa shape index (κ2) is 12.0. The van der Waals surface area contributed by atoms with Crippen molar-refractivity contribution in [3.63, 3.8) is 0 Å². The lowest BCUT2D eigenvalue weighted by atomic mass is 9.94. The molecule has 0 aromatic heterocycles. The van der Waals surface area contributed by atoms with E-state index in [0.717, 1.165) is 43.3 Å². The van der Waals surface area contributed by atoms with E-state index < -0.39 is 0 Å². The Labute approximate surface area is 209 Å². The Morgan fingerprint density at radius 2 is 1.32 bits per heavy atom. The quantitative estimate of drug-likeness (QED) is 0.338. The van der Waals surface area contributed by atoms with Crippen LogP contribution in [0.2, 0.25) is 0 Å². The van der Waals surface area contributed by atoms with Crippen molar-refractivity contribution < 1.29 is 14.2 Å². The second-order valence-corrected chi connectivity index (χ2v) is 8.18. The third-order valence-electron chi connectivity index (χ3n) is 6.40. The molecule has 0 heterocycles. The molecular formula is C29H34ClNO3. The number of fused-ring (bicyclic) bond motifs is 1. The number of hydrogen-bond donors (Lipinski definition) is 0. The number of nitrogens with zero attached hydrogens (tertiary/aromatic N) is 1. The standard InChI is InChI=1S/C29H33NO3.ClH/c1-5-30(6-2)17-18-33-25-13-9-22(10-14-25)29-27-16-15-26(32-4)19-23(27)20-28(29)21-7-11-24(31-3)12-8-21;/h7-16,19H,5-6,17-18,20H2,1-4H3;1H. The molecule has 4 rings (SSSR count). The van der Waals surface area contributed by atoms with Crippen LogP contribution in [0.25, 0.3) is 11.1 Å². The van der Waals surface area contributed by atoms with Gasteiger partial charge in [-0.05, 0) is 89.3 Å². The van der Waals surface area contributed by atoms with E-state index in [-0.39, 0.29) is 12.4 Å². The highest BCUT2D eigenvalue weighted by atomic mass is 35.5. The molecule has 1 aliphatic carbocycles. The van der Waals surface area contributed by atoms with E-state index in [9.17, 15) is 0 Å². The van der Waals surface area contributed by atoms with Crippen molar-refractivity contribution >= 4 is 23.6 Å². The van der Waals surface area contributed by atoms with Crippen LogP contribution in [0.5, 0.6) is 17.2 Å². The molecule has 0 fully saturated rings. The van der Waals surface area contributed by atoms with Crippen LogP contribution in [0, 0.1) is 0 Å². The largest absolute Gasteiger partial charge is 0.497 e. The molecule has 4 nitrogen and oxygen atoms in total. The molecule has 0 spiro atoms. The van der Waals surface area contributed by atoms with E-state index in [0.29, 0.717) is 6.61 Å². The Morgan fingerprint density at radius 3 is 1.94 bits per heavy atom. The molecule has 0 N–H and O–H groups in total. The number of ether oxygens (including phenoxy) is 3. The maximum atomic E-state index is 6.01. The third-order valence-corrected chi connectivity index (χ3v) is 6.40. The van der Waals surface area contributed by atoms with Crippen LogP contribution >= 0.6 is 12.4 Å². The van der Waals surface area contributed by atoms with Gasteiger partial charge in [-0.2, -0.15) is 0 Å². The first-order valence-corrected chi connectivity index (χ1v) is 11.7. The van der Waals surface area contributed by atoms with Gasteiger partial charge < -0.3 is 19.1 Å². The minimum Gasteiger partial charge on any atom is -0.497 e. The van der Waals surface area contributed by atoms with E-state index in [4.69, 9.17) is 14.2 Å². The molecule has 3 aromatic rings. The van der Waals surface area contributed by atoms with Gasteiger partial charge in [-0.1, -0.05) is 44.2 Å². The SMILES string of the molecule is CCN(CC)CCOc1ccc(C2=C(c3ccc(OC)cc3)Cc3cc(OC)ccc32)cc1.Cl. The van der Waals surface area contributed by atoms with Crippen LogP contribution in [-0.4, -0.2) is 45.4 Å². The smallest absolute Gasteiger partial charge is 0.119 e. The van der Waals surface area contributed by atoms with Gasteiger partial charge in [-0.25, -0.2) is 0 Å². The van der Waals surface area contributed by atoms with Crippen molar-refractivity contribution in [1.29, 1.82) is 0 Å². The van der Waals surface area contributed by atoms with Crippen LogP contribution in [0.1, 0.15) is 36.1 Å². The molecule has 0 bridgehead atoms. The molecule has 180 valence electrons. The van der Waals surface area contributed by atoms with Crippen LogP contribution in [0.3, 0.4) is 0 Å². The van der Waals surface area contributed by atoms with E-state index in [1.807, 2.05) is 18.2 Å². The topological polar surface area (TPSA) is 30.9 Å². The lowest BCUT2D eigenvalue weighted by Gasteiger charge is -2.18. The summed E-state index contributed by atoms with van der Waals surface area (Å²) in [5.74, 6) is 2.66. The summed E-state index contributed by atoms with van der Waals surface area (Å²) in [7, 11) is 3.41. The molecular weight excluding hydrogens is 446 g/mol. The third kappa shape index (κ3) is 5.57. The lowest BCUT2D eigenvalue weighted by Crippen LogP contribution is -2.27. The number of methoxy groups -OCH3 is 2. The average Bonchev–Trinajstić information content (AvgIpc) is 3.25. The van der Waals surface area contributed by atoms with E-state index in [1.165, 1.54) is 33.4 Å². The van der Waals surface area contributed by atoms with Gasteiger partial charge in [0.15, 0.2) is 0 Å². The Kier molecular flexibility index (Phi) is 9.03. The van der Waals surface area contributed by atoms with Gasteiger partial charge in [-0.15, -0.1) is 12.4 Å². The molecule has 0 amide bonds. The average molecular weight is 480 g/mol. The summed E-state index contributed by atoms with van der Waals surface area (Å²) in [5.41, 5.74) is 7.54. The summed E-state index contributed by atoms with van der Waals surface area (Å²) in [6.45, 7) is 8.10. The van der Waals surface area contributed by atoms with Crippen molar-refractivity contribution in [2.45, 2.75) is 20.3 Å². The van der Waals surface area contributed by atoms with Crippen LogP contribution in [-0.2, 0) is 6.42 Å². The van der Waals surface area contributed by atoms with E-state index in [1.54, 1.807) is 14.2 Å². The number of likely N-dealkylation sites (N-methyl/N-ethyl adjacent to an activating group) is 1. The molecule has 5 heteroatoms. The molecule has 3 aromatic carbocycles. The maximum Gasteiger partial charge on any atom is 0.119 e. The minimum absolute atomic E-state index is 0. The van der Waals surface area contributed by atoms with Crippen LogP contribution in [0.4, 0.5) is 0 Å². The Bertz CT molecular complexity index is 1100. The zero-order valence-electron chi connectivity index (χ0n) is 20.5. The molecule has 34 heavy (non-hydrogen) atoms. The fourth-order valence-electron chi connectivity index (χ4n) is 4.45. The number of allylic oxidation sites excluding steroid dienone is 1. The van der Waals surface area contributed by atoms with Crippen molar-refractivity contribution in [3.05, 3.63) is 89.0 Å². The van der Waals surface area contributed by atoms with Crippen molar-refractivity contribution in [2.75, 3.05) is 40.5 Å². The predicted molar refractivity (Wildman–Crippen MR) is 143 cm³/mol. The summed E-state index contributed by atoms with van der Waals surface area (Å²) < 4.78 is 16.8.